The first-order valence-electron chi connectivity index (χ1n) is 36.4. The van der Waals surface area contributed by atoms with Gasteiger partial charge in [-0.1, -0.05) is 344 Å². The third-order valence-corrected chi connectivity index (χ3v) is 16.2. The Morgan fingerprint density at radius 1 is 0.253 bits per heavy atom. The molecule has 0 aromatic heterocycles. The van der Waals surface area contributed by atoms with Crippen LogP contribution in [0.25, 0.3) is 0 Å². The van der Waals surface area contributed by atoms with Crippen LogP contribution < -0.4 is 0 Å². The van der Waals surface area contributed by atoms with Crippen LogP contribution in [0.1, 0.15) is 380 Å². The van der Waals surface area contributed by atoms with E-state index >= 15 is 0 Å². The molecule has 0 aromatic carbocycles. The summed E-state index contributed by atoms with van der Waals surface area (Å²) in [4.78, 5) is 38.3. The number of hydrogen-bond acceptors (Lipinski definition) is 6. The van der Waals surface area contributed by atoms with Gasteiger partial charge >= 0.3 is 17.9 Å². The maximum Gasteiger partial charge on any atom is 0.306 e. The van der Waals surface area contributed by atoms with Crippen LogP contribution >= 0.6 is 0 Å². The van der Waals surface area contributed by atoms with Gasteiger partial charge in [0.05, 0.1) is 0 Å². The van der Waals surface area contributed by atoms with Crippen molar-refractivity contribution in [2.24, 2.45) is 0 Å². The summed E-state index contributed by atoms with van der Waals surface area (Å²) in [6.07, 6.45) is 93.9. The van der Waals surface area contributed by atoms with E-state index in [2.05, 4.69) is 93.7 Å². The molecule has 0 spiro atoms. The number of allylic oxidation sites excluding steroid dienone is 12. The van der Waals surface area contributed by atoms with Gasteiger partial charge in [0.15, 0.2) is 6.10 Å². The Labute approximate surface area is 516 Å². The second-order valence-electron chi connectivity index (χ2n) is 24.5. The normalized spacial score (nSPS) is 12.5. The number of rotatable bonds is 67. The van der Waals surface area contributed by atoms with Crippen molar-refractivity contribution in [2.75, 3.05) is 13.2 Å². The predicted molar refractivity (Wildman–Crippen MR) is 362 cm³/mol. The molecule has 482 valence electrons. The first-order chi connectivity index (χ1) is 41.0. The Bertz CT molecular complexity index is 1520. The average molecular weight is 1160 g/mol. The summed E-state index contributed by atoms with van der Waals surface area (Å²) in [7, 11) is 0. The molecular weight excluding hydrogens is 1020 g/mol. The molecule has 0 aromatic rings. The molecule has 0 aliphatic rings. The average Bonchev–Trinajstić information content (AvgIpc) is 3.49. The molecule has 0 radical (unpaired) electrons. The maximum absolute atomic E-state index is 12.9. The molecule has 0 rings (SSSR count). The highest BCUT2D eigenvalue weighted by Gasteiger charge is 2.19. The monoisotopic (exact) mass is 1160 g/mol. The molecule has 0 saturated heterocycles. The molecule has 0 aliphatic heterocycles. The minimum atomic E-state index is -0.774. The van der Waals surface area contributed by atoms with Gasteiger partial charge < -0.3 is 14.2 Å². The van der Waals surface area contributed by atoms with Crippen molar-refractivity contribution in [2.45, 2.75) is 386 Å². The summed E-state index contributed by atoms with van der Waals surface area (Å²) in [5.74, 6) is -0.853. The summed E-state index contributed by atoms with van der Waals surface area (Å²) in [5, 5.41) is 0. The van der Waals surface area contributed by atoms with Gasteiger partial charge in [-0.05, 0) is 89.9 Å². The first kappa shape index (κ1) is 79.8. The van der Waals surface area contributed by atoms with E-state index in [1.807, 2.05) is 0 Å². The molecular formula is C77H138O6. The smallest absolute Gasteiger partial charge is 0.306 e. The molecule has 1 unspecified atom stereocenters. The van der Waals surface area contributed by atoms with Gasteiger partial charge in [0.25, 0.3) is 0 Å². The number of unbranched alkanes of at least 4 members (excludes halogenated alkanes) is 44. The minimum Gasteiger partial charge on any atom is -0.462 e. The quantitative estimate of drug-likeness (QED) is 0.0261. The van der Waals surface area contributed by atoms with Gasteiger partial charge in [-0.15, -0.1) is 0 Å². The van der Waals surface area contributed by atoms with Crippen LogP contribution in [0.15, 0.2) is 72.9 Å². The Morgan fingerprint density at radius 2 is 0.470 bits per heavy atom. The van der Waals surface area contributed by atoms with Crippen molar-refractivity contribution < 1.29 is 28.6 Å². The van der Waals surface area contributed by atoms with E-state index in [0.717, 1.165) is 89.9 Å². The third-order valence-electron chi connectivity index (χ3n) is 16.2. The van der Waals surface area contributed by atoms with Crippen LogP contribution in [-0.2, 0) is 28.6 Å². The first-order valence-corrected chi connectivity index (χ1v) is 36.4. The second-order valence-corrected chi connectivity index (χ2v) is 24.5. The van der Waals surface area contributed by atoms with E-state index < -0.39 is 6.10 Å². The number of esters is 3. The number of carbonyl (C=O) groups excluding carboxylic acids is 3. The van der Waals surface area contributed by atoms with Crippen LogP contribution in [0, 0.1) is 0 Å². The summed E-state index contributed by atoms with van der Waals surface area (Å²) in [5.41, 5.74) is 0. The fourth-order valence-electron chi connectivity index (χ4n) is 10.8. The van der Waals surface area contributed by atoms with Crippen molar-refractivity contribution in [1.82, 2.24) is 0 Å². The third kappa shape index (κ3) is 69.5. The van der Waals surface area contributed by atoms with Gasteiger partial charge in [0, 0.05) is 19.3 Å². The molecule has 0 N–H and O–H groups in total. The van der Waals surface area contributed by atoms with E-state index in [1.165, 1.54) is 250 Å². The lowest BCUT2D eigenvalue weighted by Crippen LogP contribution is -2.30. The van der Waals surface area contributed by atoms with Crippen molar-refractivity contribution in [3.8, 4) is 0 Å². The zero-order valence-corrected chi connectivity index (χ0v) is 55.5. The molecule has 0 fully saturated rings. The maximum atomic E-state index is 12.9. The zero-order valence-electron chi connectivity index (χ0n) is 55.5. The van der Waals surface area contributed by atoms with Gasteiger partial charge in [-0.25, -0.2) is 0 Å². The van der Waals surface area contributed by atoms with E-state index in [4.69, 9.17) is 14.2 Å². The molecule has 83 heavy (non-hydrogen) atoms. The van der Waals surface area contributed by atoms with Gasteiger partial charge in [0.2, 0.25) is 0 Å². The molecule has 0 amide bonds. The minimum absolute atomic E-state index is 0.0707. The molecule has 0 saturated carbocycles. The van der Waals surface area contributed by atoms with Gasteiger partial charge in [-0.2, -0.15) is 0 Å². The molecule has 1 atom stereocenters. The molecule has 0 heterocycles. The standard InChI is InChI=1S/C77H138O6/c1-4-7-10-13-16-19-21-23-25-27-29-31-33-35-36-37-38-39-40-42-43-45-47-49-51-53-55-58-61-64-67-70-76(79)82-73-74(72-81-75(78)69-66-63-60-57-18-15-12-9-6-3)83-77(80)71-68-65-62-59-56-54-52-50-48-46-44-41-34-32-30-28-26-24-22-20-17-14-11-8-5-2/h8,11,17,20-21,23-24,26-27,29-30,32,74H,4-7,9-10,12-16,18-19,22,25,28,31,33-73H2,1-3H3/b11-8-,20-17-,23-21-,26-24-,29-27-,32-30-. The Morgan fingerprint density at radius 3 is 0.735 bits per heavy atom. The molecule has 6 heteroatoms. The van der Waals surface area contributed by atoms with Crippen molar-refractivity contribution in [1.29, 1.82) is 0 Å². The fourth-order valence-corrected chi connectivity index (χ4v) is 10.8. The van der Waals surface area contributed by atoms with Crippen molar-refractivity contribution in [3.05, 3.63) is 72.9 Å². The van der Waals surface area contributed by atoms with Gasteiger partial charge in [-0.3, -0.25) is 14.4 Å². The SMILES string of the molecule is CC/C=C\C/C=C\C/C=C\C/C=C\CCCCCCCCCCCCCCC(=O)OC(COC(=O)CCCCCCCCCCC)COC(=O)CCCCCCCCCCCCCCCCCCCCC/C=C\C/C=C\CCCCCCC. The summed E-state index contributed by atoms with van der Waals surface area (Å²) >= 11 is 0. The lowest BCUT2D eigenvalue weighted by molar-refractivity contribution is -0.167. The van der Waals surface area contributed by atoms with Crippen LogP contribution in [0.4, 0.5) is 0 Å². The highest BCUT2D eigenvalue weighted by atomic mass is 16.6. The summed E-state index contributed by atoms with van der Waals surface area (Å²) in [6, 6.07) is 0. The highest BCUT2D eigenvalue weighted by Crippen LogP contribution is 2.18. The topological polar surface area (TPSA) is 78.9 Å². The Hall–Kier alpha value is -3.15. The number of carbonyl (C=O) groups is 3. The molecule has 0 aliphatic carbocycles. The predicted octanol–water partition coefficient (Wildman–Crippen LogP) is 25.2. The van der Waals surface area contributed by atoms with Crippen LogP contribution in [0.2, 0.25) is 0 Å². The van der Waals surface area contributed by atoms with Crippen LogP contribution in [0.3, 0.4) is 0 Å². The highest BCUT2D eigenvalue weighted by molar-refractivity contribution is 5.71. The van der Waals surface area contributed by atoms with E-state index in [1.54, 1.807) is 0 Å². The zero-order chi connectivity index (χ0) is 59.9. The lowest BCUT2D eigenvalue weighted by atomic mass is 10.0. The lowest BCUT2D eigenvalue weighted by Gasteiger charge is -2.18. The van der Waals surface area contributed by atoms with Crippen molar-refractivity contribution >= 4 is 17.9 Å². The summed E-state index contributed by atoms with van der Waals surface area (Å²) < 4.78 is 17.0. The Balaban J connectivity index is 4.09. The van der Waals surface area contributed by atoms with Crippen LogP contribution in [0.5, 0.6) is 0 Å². The fraction of sp³-hybridized carbons (Fsp3) is 0.805. The summed E-state index contributed by atoms with van der Waals surface area (Å²) in [6.45, 7) is 6.55. The number of ether oxygens (including phenoxy) is 3. The van der Waals surface area contributed by atoms with E-state index in [-0.39, 0.29) is 31.1 Å². The van der Waals surface area contributed by atoms with Gasteiger partial charge in [0.1, 0.15) is 13.2 Å². The largest absolute Gasteiger partial charge is 0.462 e. The second kappa shape index (κ2) is 71.3. The molecule has 6 nitrogen and oxygen atoms in total. The van der Waals surface area contributed by atoms with E-state index in [9.17, 15) is 14.4 Å². The van der Waals surface area contributed by atoms with E-state index in [0.29, 0.717) is 19.3 Å². The van der Waals surface area contributed by atoms with Crippen molar-refractivity contribution in [3.63, 3.8) is 0 Å². The molecule has 0 bridgehead atoms. The number of hydrogen-bond donors (Lipinski definition) is 0. The Kier molecular flexibility index (Phi) is 68.6. The van der Waals surface area contributed by atoms with Crippen LogP contribution in [-0.4, -0.2) is 37.2 Å².